The molecule has 6 nitrogen and oxygen atoms in total. The lowest BCUT2D eigenvalue weighted by atomic mass is 9.87. The molecule has 7 heteroatoms. The molecule has 0 bridgehead atoms. The van der Waals surface area contributed by atoms with Gasteiger partial charge in [0, 0.05) is 4.90 Å². The molecule has 1 fully saturated rings. The second-order valence-electron chi connectivity index (χ2n) is 6.79. The van der Waals surface area contributed by atoms with Crippen molar-refractivity contribution < 1.29 is 14.4 Å². The summed E-state index contributed by atoms with van der Waals surface area (Å²) in [7, 11) is 0. The second-order valence-corrected chi connectivity index (χ2v) is 7.81. The zero-order chi connectivity index (χ0) is 20.3. The number of rotatable bonds is 6. The lowest BCUT2D eigenvalue weighted by Gasteiger charge is -2.25. The van der Waals surface area contributed by atoms with Crippen molar-refractivity contribution in [2.75, 3.05) is 5.75 Å². The fraction of sp³-hybridized carbons (Fsp3) is 0.286. The number of nitrogens with one attached hydrogen (secondary N) is 2. The summed E-state index contributed by atoms with van der Waals surface area (Å²) < 4.78 is 0. The van der Waals surface area contributed by atoms with Crippen LogP contribution in [-0.4, -0.2) is 28.6 Å². The maximum atomic E-state index is 13.0. The lowest BCUT2D eigenvalue weighted by molar-refractivity contribution is -0.138. The predicted octanol–water partition coefficient (Wildman–Crippen LogP) is 3.28. The number of hydrogen-bond acceptors (Lipinski definition) is 4. The Balaban J connectivity index is 1.70. The van der Waals surface area contributed by atoms with Crippen molar-refractivity contribution in [3.8, 4) is 0 Å². The quantitative estimate of drug-likeness (QED) is 0.579. The number of amides is 4. The van der Waals surface area contributed by atoms with E-state index in [0.717, 1.165) is 21.0 Å². The Morgan fingerprint density at radius 3 is 2.54 bits per heavy atom. The zero-order valence-electron chi connectivity index (χ0n) is 16.1. The van der Waals surface area contributed by atoms with Crippen LogP contribution in [0.4, 0.5) is 4.79 Å². The minimum absolute atomic E-state index is 0.103. The molecule has 2 N–H and O–H groups in total. The first-order valence-corrected chi connectivity index (χ1v) is 10.1. The highest BCUT2D eigenvalue weighted by Gasteiger charge is 2.52. The molecule has 1 aliphatic heterocycles. The number of thioether (sulfide) groups is 1. The molecule has 1 atom stereocenters. The van der Waals surface area contributed by atoms with E-state index in [1.165, 1.54) is 11.8 Å². The number of imide groups is 1. The number of carbonyl (C=O) groups excluding carboxylic acids is 3. The van der Waals surface area contributed by atoms with Gasteiger partial charge in [-0.15, -0.1) is 11.8 Å². The summed E-state index contributed by atoms with van der Waals surface area (Å²) in [4.78, 5) is 38.8. The van der Waals surface area contributed by atoms with Crippen molar-refractivity contribution in [3.05, 3.63) is 65.2 Å². The molecule has 4 amide bonds. The average molecular weight is 398 g/mol. The molecule has 0 aromatic heterocycles. The van der Waals surface area contributed by atoms with E-state index >= 15 is 0 Å². The molecule has 28 heavy (non-hydrogen) atoms. The number of urea groups is 1. The number of hydrogen-bond donors (Lipinski definition) is 2. The molecular formula is C21H23N3O3S. The van der Waals surface area contributed by atoms with Crippen LogP contribution in [0.25, 0.3) is 0 Å². The maximum Gasteiger partial charge on any atom is 0.344 e. The van der Waals surface area contributed by atoms with Gasteiger partial charge in [-0.1, -0.05) is 55.0 Å². The molecule has 0 radical (unpaired) electrons. The summed E-state index contributed by atoms with van der Waals surface area (Å²) in [5.41, 5.74) is 4.17. The molecular weight excluding hydrogens is 374 g/mol. The van der Waals surface area contributed by atoms with Gasteiger partial charge in [-0.3, -0.25) is 15.0 Å². The first-order valence-electron chi connectivity index (χ1n) is 9.09. The van der Waals surface area contributed by atoms with Crippen molar-refractivity contribution in [2.45, 2.75) is 37.6 Å². The number of nitrogens with zero attached hydrogens (tertiary/aromatic N) is 1. The van der Waals surface area contributed by atoms with Crippen LogP contribution in [0, 0.1) is 13.8 Å². The third-order valence-electron chi connectivity index (χ3n) is 4.83. The first kappa shape index (κ1) is 19.9. The van der Waals surface area contributed by atoms with Gasteiger partial charge in [0.1, 0.15) is 5.54 Å². The van der Waals surface area contributed by atoms with Crippen LogP contribution in [-0.2, 0) is 15.1 Å². The predicted molar refractivity (Wildman–Crippen MR) is 109 cm³/mol. The van der Waals surface area contributed by atoms with Crippen molar-refractivity contribution >= 4 is 29.6 Å². The van der Waals surface area contributed by atoms with Gasteiger partial charge in [0.25, 0.3) is 5.91 Å². The third-order valence-corrected chi connectivity index (χ3v) is 5.98. The molecule has 1 aliphatic rings. The van der Waals surface area contributed by atoms with E-state index in [4.69, 9.17) is 0 Å². The summed E-state index contributed by atoms with van der Waals surface area (Å²) >= 11 is 1.38. The van der Waals surface area contributed by atoms with E-state index in [9.17, 15) is 14.4 Å². The molecule has 0 aliphatic carbocycles. The smallest absolute Gasteiger partial charge is 0.318 e. The van der Waals surface area contributed by atoms with Crippen molar-refractivity contribution in [3.63, 3.8) is 0 Å². The molecule has 1 unspecified atom stereocenters. The number of carbonyl (C=O) groups is 3. The van der Waals surface area contributed by atoms with Crippen LogP contribution in [0.3, 0.4) is 0 Å². The molecule has 1 heterocycles. The number of hydrazine groups is 1. The normalized spacial score (nSPS) is 18.9. The minimum atomic E-state index is -1.16. The largest absolute Gasteiger partial charge is 0.344 e. The summed E-state index contributed by atoms with van der Waals surface area (Å²) in [5.74, 6) is -0.781. The monoisotopic (exact) mass is 397 g/mol. The maximum absolute atomic E-state index is 13.0. The van der Waals surface area contributed by atoms with Crippen LogP contribution in [0.5, 0.6) is 0 Å². The Hall–Kier alpha value is -2.80. The zero-order valence-corrected chi connectivity index (χ0v) is 16.9. The van der Waals surface area contributed by atoms with E-state index in [1.54, 1.807) is 12.1 Å². The Morgan fingerprint density at radius 1 is 1.14 bits per heavy atom. The fourth-order valence-corrected chi connectivity index (χ4v) is 4.12. The highest BCUT2D eigenvalue weighted by Crippen LogP contribution is 2.31. The van der Waals surface area contributed by atoms with Crippen LogP contribution in [0.1, 0.15) is 30.0 Å². The molecule has 2 aromatic rings. The molecule has 0 saturated carbocycles. The van der Waals surface area contributed by atoms with E-state index in [0.29, 0.717) is 12.0 Å². The van der Waals surface area contributed by atoms with Crippen molar-refractivity contribution in [1.29, 1.82) is 0 Å². The standard InChI is InChI=1S/C21H23N3O3S/c1-4-21(16-8-6-5-7-9-16)19(26)24(20(27)22-21)23-18(25)13-28-17-12-14(2)10-11-15(17)3/h5-12H,4,13H2,1-3H3,(H,22,27)(H,23,25). The van der Waals surface area contributed by atoms with Gasteiger partial charge in [-0.25, -0.2) is 4.79 Å². The van der Waals surface area contributed by atoms with Crippen LogP contribution < -0.4 is 10.7 Å². The molecule has 1 saturated heterocycles. The van der Waals surface area contributed by atoms with Crippen LogP contribution in [0.2, 0.25) is 0 Å². The molecule has 146 valence electrons. The molecule has 0 spiro atoms. The van der Waals surface area contributed by atoms with Gasteiger partial charge >= 0.3 is 6.03 Å². The van der Waals surface area contributed by atoms with Crippen LogP contribution in [0.15, 0.2) is 53.4 Å². The van der Waals surface area contributed by atoms with Gasteiger partial charge in [0.2, 0.25) is 5.91 Å². The summed E-state index contributed by atoms with van der Waals surface area (Å²) in [5, 5.41) is 3.54. The van der Waals surface area contributed by atoms with E-state index in [1.807, 2.05) is 57.2 Å². The highest BCUT2D eigenvalue weighted by atomic mass is 32.2. The number of benzene rings is 2. The van der Waals surface area contributed by atoms with Gasteiger partial charge in [0.15, 0.2) is 0 Å². The van der Waals surface area contributed by atoms with E-state index in [2.05, 4.69) is 10.7 Å². The Labute approximate surface area is 168 Å². The number of aryl methyl sites for hydroxylation is 2. The van der Waals surface area contributed by atoms with E-state index < -0.39 is 23.4 Å². The Morgan fingerprint density at radius 2 is 1.86 bits per heavy atom. The van der Waals surface area contributed by atoms with Gasteiger partial charge in [-0.05, 0) is 37.5 Å². The van der Waals surface area contributed by atoms with Gasteiger partial charge in [-0.2, -0.15) is 5.01 Å². The lowest BCUT2D eigenvalue weighted by Crippen LogP contribution is -2.49. The SMILES string of the molecule is CCC1(c2ccccc2)NC(=O)N(NC(=O)CSc2cc(C)ccc2C)C1=O. The van der Waals surface area contributed by atoms with Gasteiger partial charge < -0.3 is 5.32 Å². The van der Waals surface area contributed by atoms with Crippen molar-refractivity contribution in [2.24, 2.45) is 0 Å². The molecule has 3 rings (SSSR count). The first-order chi connectivity index (χ1) is 13.4. The van der Waals surface area contributed by atoms with Crippen LogP contribution >= 0.6 is 11.8 Å². The Kier molecular flexibility index (Phi) is 5.74. The van der Waals surface area contributed by atoms with Crippen molar-refractivity contribution in [1.82, 2.24) is 15.8 Å². The summed E-state index contributed by atoms with van der Waals surface area (Å²) in [6.45, 7) is 5.80. The average Bonchev–Trinajstić information content (AvgIpc) is 2.94. The third kappa shape index (κ3) is 3.75. The minimum Gasteiger partial charge on any atom is -0.318 e. The summed E-state index contributed by atoms with van der Waals surface area (Å²) in [6, 6.07) is 14.5. The summed E-state index contributed by atoms with van der Waals surface area (Å²) in [6.07, 6.45) is 0.380. The van der Waals surface area contributed by atoms with E-state index in [-0.39, 0.29) is 5.75 Å². The second kappa shape index (κ2) is 8.06. The highest BCUT2D eigenvalue weighted by molar-refractivity contribution is 8.00. The fourth-order valence-electron chi connectivity index (χ4n) is 3.20. The molecule has 2 aromatic carbocycles. The topological polar surface area (TPSA) is 78.5 Å². The van der Waals surface area contributed by atoms with Gasteiger partial charge in [0.05, 0.1) is 5.75 Å². The Bertz CT molecular complexity index is 916.